The Morgan fingerprint density at radius 3 is 2.48 bits per heavy atom. The monoisotopic (exact) mass is 342 g/mol. The first-order chi connectivity index (χ1) is 12.0. The Balaban J connectivity index is 1.64. The van der Waals surface area contributed by atoms with Gasteiger partial charge in [-0.2, -0.15) is 0 Å². The van der Waals surface area contributed by atoms with Crippen molar-refractivity contribution in [3.63, 3.8) is 0 Å². The van der Waals surface area contributed by atoms with Gasteiger partial charge in [-0.15, -0.1) is 0 Å². The SMILES string of the molecule is CC(CCc1ccc(C(N)=O)cc1)NC[C@@H](O)COc1ccccc1. The van der Waals surface area contributed by atoms with Crippen molar-refractivity contribution < 1.29 is 14.6 Å². The molecule has 2 atom stereocenters. The maximum Gasteiger partial charge on any atom is 0.248 e. The summed E-state index contributed by atoms with van der Waals surface area (Å²) in [5, 5.41) is 13.3. The molecule has 0 fully saturated rings. The van der Waals surface area contributed by atoms with Crippen LogP contribution in [0.4, 0.5) is 0 Å². The zero-order chi connectivity index (χ0) is 18.1. The molecule has 0 radical (unpaired) electrons. The van der Waals surface area contributed by atoms with Gasteiger partial charge in [0.2, 0.25) is 5.91 Å². The Labute approximate surface area is 148 Å². The van der Waals surface area contributed by atoms with Gasteiger partial charge in [-0.3, -0.25) is 4.79 Å². The number of nitrogens with one attached hydrogen (secondary N) is 1. The minimum atomic E-state index is -0.558. The third kappa shape index (κ3) is 6.95. The Bertz CT molecular complexity index is 644. The van der Waals surface area contributed by atoms with Crippen LogP contribution in [0.5, 0.6) is 5.75 Å². The predicted molar refractivity (Wildman–Crippen MR) is 98.7 cm³/mol. The molecule has 2 rings (SSSR count). The van der Waals surface area contributed by atoms with Crippen molar-refractivity contribution in [2.75, 3.05) is 13.2 Å². The molecule has 0 heterocycles. The van der Waals surface area contributed by atoms with E-state index in [2.05, 4.69) is 12.2 Å². The first-order valence-corrected chi connectivity index (χ1v) is 8.52. The standard InChI is InChI=1S/C20H26N2O3/c1-15(7-8-16-9-11-17(12-10-16)20(21)24)22-13-18(23)14-25-19-5-3-2-4-6-19/h2-6,9-12,15,18,22-23H,7-8,13-14H2,1H3,(H2,21,24)/t15?,18-/m1/s1. The van der Waals surface area contributed by atoms with Gasteiger partial charge in [-0.1, -0.05) is 30.3 Å². The van der Waals surface area contributed by atoms with E-state index in [9.17, 15) is 9.90 Å². The third-order valence-corrected chi connectivity index (χ3v) is 3.99. The summed E-state index contributed by atoms with van der Waals surface area (Å²) >= 11 is 0. The summed E-state index contributed by atoms with van der Waals surface area (Å²) in [6.07, 6.45) is 1.27. The highest BCUT2D eigenvalue weighted by Crippen LogP contribution is 2.09. The quantitative estimate of drug-likeness (QED) is 0.617. The number of para-hydroxylation sites is 1. The van der Waals surface area contributed by atoms with Gasteiger partial charge < -0.3 is 20.9 Å². The third-order valence-electron chi connectivity index (χ3n) is 3.99. The molecule has 0 aromatic heterocycles. The zero-order valence-corrected chi connectivity index (χ0v) is 14.5. The van der Waals surface area contributed by atoms with Gasteiger partial charge in [-0.25, -0.2) is 0 Å². The zero-order valence-electron chi connectivity index (χ0n) is 14.5. The minimum absolute atomic E-state index is 0.262. The van der Waals surface area contributed by atoms with Crippen LogP contribution in [0.15, 0.2) is 54.6 Å². The molecule has 0 aliphatic heterocycles. The fourth-order valence-corrected chi connectivity index (χ4v) is 2.43. The van der Waals surface area contributed by atoms with Gasteiger partial charge in [0.15, 0.2) is 0 Å². The van der Waals surface area contributed by atoms with Crippen molar-refractivity contribution in [2.45, 2.75) is 31.9 Å². The summed E-state index contributed by atoms with van der Waals surface area (Å²) in [7, 11) is 0. The van der Waals surface area contributed by atoms with E-state index in [-0.39, 0.29) is 12.6 Å². The Kier molecular flexibility index (Phi) is 7.44. The normalized spacial score (nSPS) is 13.2. The second-order valence-electron chi connectivity index (χ2n) is 6.19. The molecule has 5 nitrogen and oxygen atoms in total. The molecule has 0 aliphatic carbocycles. The summed E-state index contributed by atoms with van der Waals surface area (Å²) in [4.78, 5) is 11.0. The van der Waals surface area contributed by atoms with Gasteiger partial charge in [0.1, 0.15) is 18.5 Å². The van der Waals surface area contributed by atoms with E-state index in [4.69, 9.17) is 10.5 Å². The molecule has 1 amide bonds. The van der Waals surface area contributed by atoms with Crippen LogP contribution in [0, 0.1) is 0 Å². The number of aliphatic hydroxyl groups is 1. The molecular weight excluding hydrogens is 316 g/mol. The lowest BCUT2D eigenvalue weighted by atomic mass is 10.0. The number of aryl methyl sites for hydroxylation is 1. The molecule has 0 aliphatic rings. The van der Waals surface area contributed by atoms with Gasteiger partial charge in [0, 0.05) is 18.2 Å². The number of rotatable bonds is 10. The predicted octanol–water partition coefficient (Wildman–Crippen LogP) is 2.14. The van der Waals surface area contributed by atoms with Gasteiger partial charge in [0.05, 0.1) is 0 Å². The van der Waals surface area contributed by atoms with Crippen molar-refractivity contribution >= 4 is 5.91 Å². The second-order valence-corrected chi connectivity index (χ2v) is 6.19. The summed E-state index contributed by atoms with van der Waals surface area (Å²) in [6, 6.07) is 17.1. The van der Waals surface area contributed by atoms with Crippen LogP contribution in [0.25, 0.3) is 0 Å². The maximum absolute atomic E-state index is 11.0. The van der Waals surface area contributed by atoms with E-state index in [1.165, 1.54) is 0 Å². The number of amides is 1. The highest BCUT2D eigenvalue weighted by atomic mass is 16.5. The van der Waals surface area contributed by atoms with Crippen molar-refractivity contribution in [3.05, 3.63) is 65.7 Å². The number of hydrogen-bond acceptors (Lipinski definition) is 4. The number of carbonyl (C=O) groups excluding carboxylic acids is 1. The number of hydrogen-bond donors (Lipinski definition) is 3. The summed E-state index contributed by atoms with van der Waals surface area (Å²) in [6.45, 7) is 2.83. The van der Waals surface area contributed by atoms with Crippen molar-refractivity contribution in [2.24, 2.45) is 5.73 Å². The number of primary amides is 1. The average molecular weight is 342 g/mol. The van der Waals surface area contributed by atoms with E-state index < -0.39 is 12.0 Å². The highest BCUT2D eigenvalue weighted by Gasteiger charge is 2.09. The summed E-state index contributed by atoms with van der Waals surface area (Å²) in [5.74, 6) is 0.349. The molecule has 134 valence electrons. The van der Waals surface area contributed by atoms with Crippen molar-refractivity contribution in [3.8, 4) is 5.75 Å². The molecule has 0 saturated carbocycles. The number of ether oxygens (including phenoxy) is 1. The first kappa shape index (κ1) is 19.0. The number of carbonyl (C=O) groups is 1. The molecule has 4 N–H and O–H groups in total. The Morgan fingerprint density at radius 1 is 1.16 bits per heavy atom. The van der Waals surface area contributed by atoms with Crippen LogP contribution in [0.2, 0.25) is 0 Å². The smallest absolute Gasteiger partial charge is 0.248 e. The van der Waals surface area contributed by atoms with E-state index in [0.29, 0.717) is 12.1 Å². The lowest BCUT2D eigenvalue weighted by molar-refractivity contribution is 0.1000. The Morgan fingerprint density at radius 2 is 1.84 bits per heavy atom. The van der Waals surface area contributed by atoms with Crippen molar-refractivity contribution in [1.82, 2.24) is 5.32 Å². The van der Waals surface area contributed by atoms with E-state index >= 15 is 0 Å². The highest BCUT2D eigenvalue weighted by molar-refractivity contribution is 5.92. The molecule has 1 unspecified atom stereocenters. The van der Waals surface area contributed by atoms with Gasteiger partial charge in [-0.05, 0) is 49.6 Å². The van der Waals surface area contributed by atoms with E-state index in [0.717, 1.165) is 24.2 Å². The maximum atomic E-state index is 11.0. The molecule has 0 saturated heterocycles. The van der Waals surface area contributed by atoms with Crippen molar-refractivity contribution in [1.29, 1.82) is 0 Å². The lowest BCUT2D eigenvalue weighted by Gasteiger charge is -2.17. The van der Waals surface area contributed by atoms with Crippen LogP contribution in [0.3, 0.4) is 0 Å². The van der Waals surface area contributed by atoms with E-state index in [1.807, 2.05) is 42.5 Å². The van der Waals surface area contributed by atoms with Gasteiger partial charge >= 0.3 is 0 Å². The van der Waals surface area contributed by atoms with E-state index in [1.54, 1.807) is 12.1 Å². The lowest BCUT2D eigenvalue weighted by Crippen LogP contribution is -2.36. The molecule has 25 heavy (non-hydrogen) atoms. The van der Waals surface area contributed by atoms with Crippen LogP contribution in [-0.2, 0) is 6.42 Å². The number of benzene rings is 2. The fraction of sp³-hybridized carbons (Fsp3) is 0.350. The molecule has 5 heteroatoms. The van der Waals surface area contributed by atoms with Crippen LogP contribution < -0.4 is 15.8 Å². The van der Waals surface area contributed by atoms with Crippen LogP contribution in [0.1, 0.15) is 29.3 Å². The number of nitrogens with two attached hydrogens (primary N) is 1. The summed E-state index contributed by atoms with van der Waals surface area (Å²) in [5.41, 5.74) is 6.92. The molecule has 2 aromatic rings. The van der Waals surface area contributed by atoms with Gasteiger partial charge in [0.25, 0.3) is 0 Å². The molecule has 0 spiro atoms. The minimum Gasteiger partial charge on any atom is -0.491 e. The fourth-order valence-electron chi connectivity index (χ4n) is 2.43. The molecule has 2 aromatic carbocycles. The average Bonchev–Trinajstić information content (AvgIpc) is 2.64. The molecule has 0 bridgehead atoms. The first-order valence-electron chi connectivity index (χ1n) is 8.52. The summed E-state index contributed by atoms with van der Waals surface area (Å²) < 4.78 is 5.53. The Hall–Kier alpha value is -2.37. The largest absolute Gasteiger partial charge is 0.491 e. The van der Waals surface area contributed by atoms with Crippen LogP contribution in [-0.4, -0.2) is 36.3 Å². The number of aliphatic hydroxyl groups excluding tert-OH is 1. The topological polar surface area (TPSA) is 84.6 Å². The second kappa shape index (κ2) is 9.81. The van der Waals surface area contributed by atoms with Crippen LogP contribution >= 0.6 is 0 Å². The molecular formula is C20H26N2O3.